The van der Waals surface area contributed by atoms with Crippen LogP contribution in [0.1, 0.15) is 38.0 Å². The number of ketones is 1. The number of ether oxygens (including phenoxy) is 2. The van der Waals surface area contributed by atoms with Gasteiger partial charge in [-0.1, -0.05) is 30.3 Å². The molecular weight excluding hydrogens is 382 g/mol. The number of Topliss-reactive ketones (excluding diaryl/α,β-unsaturated/α-hetero) is 1. The summed E-state index contributed by atoms with van der Waals surface area (Å²) in [6.45, 7) is 2.00. The van der Waals surface area contributed by atoms with Gasteiger partial charge in [0, 0.05) is 11.1 Å². The number of anilines is 1. The molecule has 0 unspecified atom stereocenters. The molecule has 1 amide bonds. The van der Waals surface area contributed by atoms with Gasteiger partial charge in [0.25, 0.3) is 5.91 Å². The molecule has 3 aromatic rings. The fourth-order valence-electron chi connectivity index (χ4n) is 2.75. The van der Waals surface area contributed by atoms with Gasteiger partial charge in [-0.25, -0.2) is 4.79 Å². The highest BCUT2D eigenvalue weighted by Gasteiger charge is 2.17. The van der Waals surface area contributed by atoms with Crippen LogP contribution in [0, 0.1) is 0 Å². The minimum absolute atomic E-state index is 0.168. The zero-order chi connectivity index (χ0) is 21.3. The lowest BCUT2D eigenvalue weighted by Gasteiger charge is -2.11. The Morgan fingerprint density at radius 3 is 2.17 bits per heavy atom. The van der Waals surface area contributed by atoms with Crippen molar-refractivity contribution < 1.29 is 23.9 Å². The Bertz CT molecular complexity index is 1030. The van der Waals surface area contributed by atoms with Gasteiger partial charge in [-0.2, -0.15) is 0 Å². The van der Waals surface area contributed by atoms with Crippen LogP contribution >= 0.6 is 0 Å². The van der Waals surface area contributed by atoms with Crippen molar-refractivity contribution in [3.63, 3.8) is 0 Å². The normalized spacial score (nSPS) is 10.2. The van der Waals surface area contributed by atoms with E-state index in [4.69, 9.17) is 9.47 Å². The molecule has 6 nitrogen and oxygen atoms in total. The van der Waals surface area contributed by atoms with Crippen LogP contribution < -0.4 is 10.1 Å². The summed E-state index contributed by atoms with van der Waals surface area (Å²) >= 11 is 0. The first-order valence-electron chi connectivity index (χ1n) is 9.47. The van der Waals surface area contributed by atoms with E-state index < -0.39 is 12.6 Å². The van der Waals surface area contributed by atoms with E-state index in [-0.39, 0.29) is 17.3 Å². The van der Waals surface area contributed by atoms with Gasteiger partial charge in [-0.15, -0.1) is 0 Å². The van der Waals surface area contributed by atoms with Gasteiger partial charge in [0.1, 0.15) is 5.75 Å². The third-order valence-corrected chi connectivity index (χ3v) is 4.25. The Balaban J connectivity index is 1.64. The first-order valence-corrected chi connectivity index (χ1v) is 9.47. The van der Waals surface area contributed by atoms with Crippen molar-refractivity contribution in [3.8, 4) is 5.75 Å². The van der Waals surface area contributed by atoms with Crippen LogP contribution in [0.2, 0.25) is 0 Å². The molecule has 0 spiro atoms. The molecule has 3 rings (SSSR count). The molecule has 6 heteroatoms. The summed E-state index contributed by atoms with van der Waals surface area (Å²) in [7, 11) is 0. The summed E-state index contributed by atoms with van der Waals surface area (Å²) in [6, 6.07) is 21.8. The number of hydrogen-bond acceptors (Lipinski definition) is 5. The van der Waals surface area contributed by atoms with Crippen molar-refractivity contribution in [2.45, 2.75) is 6.92 Å². The van der Waals surface area contributed by atoms with Gasteiger partial charge in [0.15, 0.2) is 12.4 Å². The number of rotatable bonds is 8. The second-order valence-corrected chi connectivity index (χ2v) is 6.32. The lowest BCUT2D eigenvalue weighted by atomic mass is 10.1. The van der Waals surface area contributed by atoms with E-state index in [2.05, 4.69) is 5.32 Å². The number of esters is 1. The maximum atomic E-state index is 12.5. The molecule has 0 saturated carbocycles. The highest BCUT2D eigenvalue weighted by molar-refractivity contribution is 6.08. The van der Waals surface area contributed by atoms with Gasteiger partial charge in [0.2, 0.25) is 0 Å². The molecule has 0 aromatic heterocycles. The molecule has 0 heterocycles. The maximum absolute atomic E-state index is 12.5. The summed E-state index contributed by atoms with van der Waals surface area (Å²) in [5.74, 6) is -0.717. The second kappa shape index (κ2) is 10.0. The van der Waals surface area contributed by atoms with E-state index in [1.807, 2.05) is 13.0 Å². The van der Waals surface area contributed by atoms with Crippen LogP contribution in [0.5, 0.6) is 5.75 Å². The van der Waals surface area contributed by atoms with Crippen molar-refractivity contribution in [2.24, 2.45) is 0 Å². The molecule has 0 atom stereocenters. The SMILES string of the molecule is CCOc1ccc(C(=O)COC(=O)c2ccccc2NC(=O)c2ccccc2)cc1. The molecular formula is C24H21NO5. The Morgan fingerprint density at radius 2 is 1.47 bits per heavy atom. The van der Waals surface area contributed by atoms with Gasteiger partial charge in [0.05, 0.1) is 17.9 Å². The van der Waals surface area contributed by atoms with Crippen LogP contribution in [0.3, 0.4) is 0 Å². The Labute approximate surface area is 174 Å². The maximum Gasteiger partial charge on any atom is 0.340 e. The first kappa shape index (κ1) is 20.8. The number of amides is 1. The van der Waals surface area contributed by atoms with Crippen molar-refractivity contribution in [2.75, 3.05) is 18.5 Å². The number of carbonyl (C=O) groups is 3. The molecule has 0 aliphatic heterocycles. The first-order chi connectivity index (χ1) is 14.6. The Morgan fingerprint density at radius 1 is 0.800 bits per heavy atom. The Kier molecular flexibility index (Phi) is 6.95. The zero-order valence-corrected chi connectivity index (χ0v) is 16.5. The molecule has 3 aromatic carbocycles. The average Bonchev–Trinajstić information content (AvgIpc) is 2.79. The molecule has 30 heavy (non-hydrogen) atoms. The van der Waals surface area contributed by atoms with Crippen LogP contribution in [0.4, 0.5) is 5.69 Å². The minimum atomic E-state index is -0.696. The molecule has 0 aliphatic rings. The molecule has 0 aliphatic carbocycles. The largest absolute Gasteiger partial charge is 0.494 e. The van der Waals surface area contributed by atoms with Crippen LogP contribution in [-0.2, 0) is 4.74 Å². The third kappa shape index (κ3) is 5.32. The summed E-state index contributed by atoms with van der Waals surface area (Å²) in [5.41, 5.74) is 1.36. The van der Waals surface area contributed by atoms with E-state index in [0.717, 1.165) is 0 Å². The average molecular weight is 403 g/mol. The molecule has 1 N–H and O–H groups in total. The van der Waals surface area contributed by atoms with E-state index in [1.54, 1.807) is 66.7 Å². The number of para-hydroxylation sites is 1. The molecule has 152 valence electrons. The monoisotopic (exact) mass is 403 g/mol. The highest BCUT2D eigenvalue weighted by atomic mass is 16.5. The van der Waals surface area contributed by atoms with Gasteiger partial charge in [-0.3, -0.25) is 9.59 Å². The van der Waals surface area contributed by atoms with E-state index in [1.165, 1.54) is 6.07 Å². The summed E-state index contributed by atoms with van der Waals surface area (Å²) < 4.78 is 10.5. The highest BCUT2D eigenvalue weighted by Crippen LogP contribution is 2.18. The second-order valence-electron chi connectivity index (χ2n) is 6.32. The molecule has 0 radical (unpaired) electrons. The van der Waals surface area contributed by atoms with Crippen LogP contribution in [-0.4, -0.2) is 30.9 Å². The van der Waals surface area contributed by atoms with Crippen molar-refractivity contribution in [3.05, 3.63) is 95.6 Å². The fraction of sp³-hybridized carbons (Fsp3) is 0.125. The molecule has 0 saturated heterocycles. The van der Waals surface area contributed by atoms with E-state index in [9.17, 15) is 14.4 Å². The van der Waals surface area contributed by atoms with Gasteiger partial charge >= 0.3 is 5.97 Å². The van der Waals surface area contributed by atoms with Crippen LogP contribution in [0.15, 0.2) is 78.9 Å². The number of hydrogen-bond donors (Lipinski definition) is 1. The standard InChI is InChI=1S/C24H21NO5/c1-2-29-19-14-12-17(13-15-19)22(26)16-30-24(28)20-10-6-7-11-21(20)25-23(27)18-8-4-3-5-9-18/h3-15H,2,16H2,1H3,(H,25,27). The van der Waals surface area contributed by atoms with Gasteiger partial charge < -0.3 is 14.8 Å². The topological polar surface area (TPSA) is 81.7 Å². The number of nitrogens with one attached hydrogen (secondary N) is 1. The van der Waals surface area contributed by atoms with Crippen molar-refractivity contribution in [1.29, 1.82) is 0 Å². The number of benzene rings is 3. The van der Waals surface area contributed by atoms with Crippen LogP contribution in [0.25, 0.3) is 0 Å². The fourth-order valence-corrected chi connectivity index (χ4v) is 2.75. The van der Waals surface area contributed by atoms with Crippen molar-refractivity contribution in [1.82, 2.24) is 0 Å². The molecule has 0 bridgehead atoms. The quantitative estimate of drug-likeness (QED) is 0.446. The third-order valence-electron chi connectivity index (χ3n) is 4.25. The summed E-state index contributed by atoms with van der Waals surface area (Å²) in [6.07, 6.45) is 0. The predicted molar refractivity (Wildman–Crippen MR) is 113 cm³/mol. The minimum Gasteiger partial charge on any atom is -0.494 e. The lowest BCUT2D eigenvalue weighted by molar-refractivity contribution is 0.0475. The number of carbonyl (C=O) groups excluding carboxylic acids is 3. The molecule has 0 fully saturated rings. The zero-order valence-electron chi connectivity index (χ0n) is 16.5. The van der Waals surface area contributed by atoms with E-state index in [0.29, 0.717) is 29.2 Å². The summed E-state index contributed by atoms with van der Waals surface area (Å²) in [5, 5.41) is 2.71. The van der Waals surface area contributed by atoms with E-state index >= 15 is 0 Å². The lowest BCUT2D eigenvalue weighted by Crippen LogP contribution is -2.18. The predicted octanol–water partition coefficient (Wildman–Crippen LogP) is 4.38. The van der Waals surface area contributed by atoms with Gasteiger partial charge in [-0.05, 0) is 55.5 Å². The Hall–Kier alpha value is -3.93. The summed E-state index contributed by atoms with van der Waals surface area (Å²) in [4.78, 5) is 37.2. The van der Waals surface area contributed by atoms with Crippen molar-refractivity contribution >= 4 is 23.3 Å². The smallest absolute Gasteiger partial charge is 0.340 e.